The molecule has 5 heteroatoms. The molecule has 1 N–H and O–H groups in total. The molecule has 2 aromatic rings. The molecule has 0 aliphatic rings. The fourth-order valence-electron chi connectivity index (χ4n) is 3.29. The maximum atomic E-state index is 12.6. The first-order valence-corrected chi connectivity index (χ1v) is 9.77. The van der Waals surface area contributed by atoms with Gasteiger partial charge >= 0.3 is 0 Å². The number of rotatable bonds is 9. The topological polar surface area (TPSA) is 50.2 Å². The van der Waals surface area contributed by atoms with Crippen LogP contribution in [0.4, 0.5) is 0 Å². The first-order valence-electron chi connectivity index (χ1n) is 9.77. The Bertz CT molecular complexity index is 734. The summed E-state index contributed by atoms with van der Waals surface area (Å²) >= 11 is 0. The van der Waals surface area contributed by atoms with Crippen molar-refractivity contribution in [1.82, 2.24) is 20.0 Å². The van der Waals surface area contributed by atoms with Crippen LogP contribution in [-0.2, 0) is 24.2 Å². The van der Waals surface area contributed by atoms with Crippen molar-refractivity contribution in [2.45, 2.75) is 53.1 Å². The average molecular weight is 371 g/mol. The van der Waals surface area contributed by atoms with Crippen molar-refractivity contribution in [2.24, 2.45) is 5.92 Å². The Morgan fingerprint density at radius 3 is 2.44 bits per heavy atom. The van der Waals surface area contributed by atoms with Gasteiger partial charge in [0.05, 0.1) is 12.1 Å². The molecule has 1 heterocycles. The molecule has 1 unspecified atom stereocenters. The van der Waals surface area contributed by atoms with E-state index < -0.39 is 0 Å². The molecule has 1 aromatic heterocycles. The van der Waals surface area contributed by atoms with Crippen molar-refractivity contribution in [3.05, 3.63) is 52.8 Å². The zero-order chi connectivity index (χ0) is 20.0. The summed E-state index contributed by atoms with van der Waals surface area (Å²) in [4.78, 5) is 14.7. The van der Waals surface area contributed by atoms with Gasteiger partial charge in [-0.25, -0.2) is 0 Å². The molecule has 0 aliphatic carbocycles. The zero-order valence-electron chi connectivity index (χ0n) is 17.6. The molecule has 0 bridgehead atoms. The maximum Gasteiger partial charge on any atom is 0.224 e. The Morgan fingerprint density at radius 2 is 1.85 bits per heavy atom. The second-order valence-corrected chi connectivity index (χ2v) is 8.01. The lowest BCUT2D eigenvalue weighted by Crippen LogP contribution is -2.42. The zero-order valence-corrected chi connectivity index (χ0v) is 17.6. The largest absolute Gasteiger partial charge is 0.354 e. The summed E-state index contributed by atoms with van der Waals surface area (Å²) in [7, 11) is 4.12. The lowest BCUT2D eigenvalue weighted by atomic mass is 10.0. The van der Waals surface area contributed by atoms with Gasteiger partial charge < -0.3 is 10.2 Å². The average Bonchev–Trinajstić information content (AvgIpc) is 2.86. The van der Waals surface area contributed by atoms with E-state index in [4.69, 9.17) is 0 Å². The summed E-state index contributed by atoms with van der Waals surface area (Å²) in [5.41, 5.74) is 4.39. The summed E-state index contributed by atoms with van der Waals surface area (Å²) in [6.45, 7) is 9.93. The number of aryl methyl sites for hydroxylation is 1. The number of likely N-dealkylation sites (N-methyl/N-ethyl adjacent to an activating group) is 1. The Hall–Kier alpha value is -2.14. The van der Waals surface area contributed by atoms with E-state index in [1.165, 1.54) is 5.56 Å². The number of carbonyl (C=O) groups excluding carboxylic acids is 1. The second kappa shape index (κ2) is 9.70. The van der Waals surface area contributed by atoms with Crippen LogP contribution < -0.4 is 5.32 Å². The minimum atomic E-state index is 0.0604. The fourth-order valence-corrected chi connectivity index (χ4v) is 3.29. The van der Waals surface area contributed by atoms with Crippen LogP contribution in [0.25, 0.3) is 0 Å². The molecule has 2 rings (SSSR count). The van der Waals surface area contributed by atoms with E-state index in [2.05, 4.69) is 74.4 Å². The van der Waals surface area contributed by atoms with E-state index in [0.29, 0.717) is 18.9 Å². The van der Waals surface area contributed by atoms with E-state index in [-0.39, 0.29) is 11.9 Å². The molecule has 0 radical (unpaired) electrons. The first kappa shape index (κ1) is 21.2. The van der Waals surface area contributed by atoms with Gasteiger partial charge in [-0.1, -0.05) is 44.2 Å². The number of nitrogens with one attached hydrogen (secondary N) is 1. The molecule has 0 aliphatic heterocycles. The van der Waals surface area contributed by atoms with Crippen LogP contribution in [0, 0.1) is 19.8 Å². The molecule has 0 saturated carbocycles. The highest BCUT2D eigenvalue weighted by molar-refractivity contribution is 5.79. The summed E-state index contributed by atoms with van der Waals surface area (Å²) in [5, 5.41) is 7.73. The van der Waals surface area contributed by atoms with E-state index in [9.17, 15) is 4.79 Å². The number of benzene rings is 1. The number of hydrogen-bond acceptors (Lipinski definition) is 3. The quantitative estimate of drug-likeness (QED) is 0.738. The van der Waals surface area contributed by atoms with Crippen molar-refractivity contribution >= 4 is 5.91 Å². The van der Waals surface area contributed by atoms with Crippen molar-refractivity contribution in [1.29, 1.82) is 0 Å². The summed E-state index contributed by atoms with van der Waals surface area (Å²) < 4.78 is 2.03. The van der Waals surface area contributed by atoms with Gasteiger partial charge in [-0.15, -0.1) is 0 Å². The highest BCUT2D eigenvalue weighted by Crippen LogP contribution is 2.15. The molecule has 5 nitrogen and oxygen atoms in total. The lowest BCUT2D eigenvalue weighted by Gasteiger charge is -2.25. The smallest absolute Gasteiger partial charge is 0.224 e. The molecule has 0 fully saturated rings. The molecule has 1 atom stereocenters. The van der Waals surface area contributed by atoms with E-state index in [1.54, 1.807) is 0 Å². The monoisotopic (exact) mass is 370 g/mol. The SMILES string of the molecule is Cc1nn(CC(C)C)c(C)c1CC(=O)NCC(Cc1ccccc1)N(C)C. The lowest BCUT2D eigenvalue weighted by molar-refractivity contribution is -0.120. The van der Waals surface area contributed by atoms with Crippen molar-refractivity contribution in [2.75, 3.05) is 20.6 Å². The number of carbonyl (C=O) groups is 1. The predicted molar refractivity (Wildman–Crippen MR) is 111 cm³/mol. The minimum absolute atomic E-state index is 0.0604. The van der Waals surface area contributed by atoms with Crippen LogP contribution in [0.15, 0.2) is 30.3 Å². The predicted octanol–water partition coefficient (Wildman–Crippen LogP) is 2.99. The number of nitrogens with zero attached hydrogens (tertiary/aromatic N) is 3. The summed E-state index contributed by atoms with van der Waals surface area (Å²) in [6.07, 6.45) is 1.31. The van der Waals surface area contributed by atoms with Gasteiger partial charge in [0.1, 0.15) is 0 Å². The molecular weight excluding hydrogens is 336 g/mol. The Morgan fingerprint density at radius 1 is 1.19 bits per heavy atom. The van der Waals surface area contributed by atoms with Crippen LogP contribution in [0.2, 0.25) is 0 Å². The maximum absolute atomic E-state index is 12.6. The van der Waals surface area contributed by atoms with Gasteiger partial charge in [0.2, 0.25) is 5.91 Å². The van der Waals surface area contributed by atoms with Crippen molar-refractivity contribution < 1.29 is 4.79 Å². The fraction of sp³-hybridized carbons (Fsp3) is 0.545. The van der Waals surface area contributed by atoms with Crippen LogP contribution in [0.5, 0.6) is 0 Å². The van der Waals surface area contributed by atoms with E-state index in [0.717, 1.165) is 29.9 Å². The Balaban J connectivity index is 1.95. The van der Waals surface area contributed by atoms with Gasteiger partial charge in [-0.3, -0.25) is 9.48 Å². The van der Waals surface area contributed by atoms with Crippen molar-refractivity contribution in [3.63, 3.8) is 0 Å². The van der Waals surface area contributed by atoms with Crippen LogP contribution >= 0.6 is 0 Å². The minimum Gasteiger partial charge on any atom is -0.354 e. The molecule has 27 heavy (non-hydrogen) atoms. The summed E-state index contributed by atoms with van der Waals surface area (Å²) in [5.74, 6) is 0.591. The van der Waals surface area contributed by atoms with Crippen molar-refractivity contribution in [3.8, 4) is 0 Å². The molecule has 1 amide bonds. The second-order valence-electron chi connectivity index (χ2n) is 8.01. The van der Waals surface area contributed by atoms with Crippen LogP contribution in [0.3, 0.4) is 0 Å². The van der Waals surface area contributed by atoms with E-state index in [1.807, 2.05) is 17.7 Å². The van der Waals surface area contributed by atoms with Crippen LogP contribution in [0.1, 0.15) is 36.4 Å². The highest BCUT2D eigenvalue weighted by Gasteiger charge is 2.17. The third-order valence-electron chi connectivity index (χ3n) is 4.99. The summed E-state index contributed by atoms with van der Waals surface area (Å²) in [6, 6.07) is 10.7. The van der Waals surface area contributed by atoms with Gasteiger partial charge in [-0.2, -0.15) is 5.10 Å². The molecule has 0 saturated heterocycles. The highest BCUT2D eigenvalue weighted by atomic mass is 16.1. The third kappa shape index (κ3) is 6.21. The van der Waals surface area contributed by atoms with E-state index >= 15 is 0 Å². The van der Waals surface area contributed by atoms with Gasteiger partial charge in [0.15, 0.2) is 0 Å². The number of aromatic nitrogens is 2. The molecular formula is C22H34N4O. The van der Waals surface area contributed by atoms with Gasteiger partial charge in [-0.05, 0) is 45.8 Å². The Labute approximate surface area is 163 Å². The number of hydrogen-bond donors (Lipinski definition) is 1. The van der Waals surface area contributed by atoms with Crippen LogP contribution in [-0.4, -0.2) is 47.3 Å². The standard InChI is InChI=1S/C22H34N4O/c1-16(2)15-26-18(4)21(17(3)24-26)13-22(27)23-14-20(25(5)6)12-19-10-8-7-9-11-19/h7-11,16,20H,12-15H2,1-6H3,(H,23,27). The Kier molecular flexibility index (Phi) is 7.60. The third-order valence-corrected chi connectivity index (χ3v) is 4.99. The normalized spacial score (nSPS) is 12.6. The molecule has 1 aromatic carbocycles. The molecule has 0 spiro atoms. The van der Waals surface area contributed by atoms with Gasteiger partial charge in [0, 0.05) is 30.4 Å². The first-order chi connectivity index (χ1) is 12.8. The number of amides is 1. The molecule has 148 valence electrons. The van der Waals surface area contributed by atoms with Gasteiger partial charge in [0.25, 0.3) is 0 Å².